The van der Waals surface area contributed by atoms with Crippen LogP contribution in [0.3, 0.4) is 0 Å². The van der Waals surface area contributed by atoms with Crippen LogP contribution in [0.5, 0.6) is 0 Å². The van der Waals surface area contributed by atoms with Crippen molar-refractivity contribution in [3.05, 3.63) is 41.6 Å². The Labute approximate surface area is 111 Å². The molecule has 0 unspecified atom stereocenters. The predicted molar refractivity (Wildman–Crippen MR) is 71.5 cm³/mol. The smallest absolute Gasteiger partial charge is 0.336 e. The summed E-state index contributed by atoms with van der Waals surface area (Å²) in [6.07, 6.45) is 3.53. The van der Waals surface area contributed by atoms with Gasteiger partial charge in [-0.15, -0.1) is 0 Å². The minimum absolute atomic E-state index is 0.318. The number of carboxylic acid groups (broad SMARTS) is 1. The lowest BCUT2D eigenvalue weighted by Gasteiger charge is -2.22. The van der Waals surface area contributed by atoms with Gasteiger partial charge in [-0.2, -0.15) is 0 Å². The summed E-state index contributed by atoms with van der Waals surface area (Å²) in [5, 5.41) is 9.96. The van der Waals surface area contributed by atoms with Crippen molar-refractivity contribution >= 4 is 16.9 Å². The van der Waals surface area contributed by atoms with E-state index < -0.39 is 5.97 Å². The standard InChI is InChI=1S/C15H15NO3/c17-15(18)12-3-6-16-14-2-1-11(9-13(12)14)10-4-7-19-8-5-10/h1-3,6,9-10H,4-5,7-8H2,(H,17,18). The first-order valence-electron chi connectivity index (χ1n) is 6.45. The van der Waals surface area contributed by atoms with E-state index in [0.29, 0.717) is 11.5 Å². The minimum atomic E-state index is -0.906. The zero-order valence-corrected chi connectivity index (χ0v) is 10.5. The number of rotatable bonds is 2. The van der Waals surface area contributed by atoms with Crippen LogP contribution in [0.15, 0.2) is 30.5 Å². The molecule has 4 nitrogen and oxygen atoms in total. The number of benzene rings is 1. The van der Waals surface area contributed by atoms with Gasteiger partial charge in [0.2, 0.25) is 0 Å². The van der Waals surface area contributed by atoms with Crippen LogP contribution in [0.1, 0.15) is 34.7 Å². The molecule has 3 rings (SSSR count). The normalized spacial score (nSPS) is 16.6. The number of ether oxygens (including phenoxy) is 1. The van der Waals surface area contributed by atoms with E-state index in [0.717, 1.165) is 37.0 Å². The molecular weight excluding hydrogens is 242 g/mol. The fraction of sp³-hybridized carbons (Fsp3) is 0.333. The number of nitrogens with zero attached hydrogens (tertiary/aromatic N) is 1. The molecule has 2 heterocycles. The molecule has 0 aliphatic carbocycles. The summed E-state index contributed by atoms with van der Waals surface area (Å²) in [5.41, 5.74) is 2.24. The van der Waals surface area contributed by atoms with Gasteiger partial charge in [-0.3, -0.25) is 4.98 Å². The third-order valence-corrected chi connectivity index (χ3v) is 3.69. The Morgan fingerprint density at radius 1 is 1.26 bits per heavy atom. The van der Waals surface area contributed by atoms with Gasteiger partial charge < -0.3 is 9.84 Å². The number of pyridine rings is 1. The van der Waals surface area contributed by atoms with E-state index in [2.05, 4.69) is 11.1 Å². The SMILES string of the molecule is O=C(O)c1ccnc2ccc(C3CCOCC3)cc12. The van der Waals surface area contributed by atoms with Gasteiger partial charge in [-0.25, -0.2) is 4.79 Å². The van der Waals surface area contributed by atoms with Crippen LogP contribution in [0.4, 0.5) is 0 Å². The number of aromatic carboxylic acids is 1. The maximum absolute atomic E-state index is 11.3. The van der Waals surface area contributed by atoms with Crippen molar-refractivity contribution in [3.8, 4) is 0 Å². The molecule has 1 saturated heterocycles. The summed E-state index contributed by atoms with van der Waals surface area (Å²) in [6.45, 7) is 1.56. The lowest BCUT2D eigenvalue weighted by Crippen LogP contribution is -2.14. The fourth-order valence-electron chi connectivity index (χ4n) is 2.64. The fourth-order valence-corrected chi connectivity index (χ4v) is 2.64. The van der Waals surface area contributed by atoms with Crippen molar-refractivity contribution in [2.24, 2.45) is 0 Å². The Bertz CT molecular complexity index is 618. The van der Waals surface area contributed by atoms with E-state index in [1.165, 1.54) is 5.56 Å². The first kappa shape index (κ1) is 12.1. The molecule has 0 bridgehead atoms. The molecule has 1 aliphatic heterocycles. The first-order chi connectivity index (χ1) is 9.25. The zero-order valence-electron chi connectivity index (χ0n) is 10.5. The Morgan fingerprint density at radius 2 is 2.05 bits per heavy atom. The highest BCUT2D eigenvalue weighted by molar-refractivity contribution is 6.02. The van der Waals surface area contributed by atoms with Crippen molar-refractivity contribution < 1.29 is 14.6 Å². The maximum atomic E-state index is 11.3. The molecule has 1 aliphatic rings. The van der Waals surface area contributed by atoms with Crippen LogP contribution in [0, 0.1) is 0 Å². The maximum Gasteiger partial charge on any atom is 0.336 e. The highest BCUT2D eigenvalue weighted by atomic mass is 16.5. The van der Waals surface area contributed by atoms with Crippen LogP contribution < -0.4 is 0 Å². The van der Waals surface area contributed by atoms with E-state index in [1.807, 2.05) is 12.1 Å². The molecule has 0 amide bonds. The zero-order chi connectivity index (χ0) is 13.2. The third-order valence-electron chi connectivity index (χ3n) is 3.69. The van der Waals surface area contributed by atoms with Gasteiger partial charge in [-0.05, 0) is 42.5 Å². The molecule has 19 heavy (non-hydrogen) atoms. The summed E-state index contributed by atoms with van der Waals surface area (Å²) >= 11 is 0. The van der Waals surface area contributed by atoms with Crippen LogP contribution >= 0.6 is 0 Å². The average molecular weight is 257 g/mol. The van der Waals surface area contributed by atoms with E-state index in [-0.39, 0.29) is 0 Å². The minimum Gasteiger partial charge on any atom is -0.478 e. The van der Waals surface area contributed by atoms with Crippen molar-refractivity contribution in [3.63, 3.8) is 0 Å². The molecule has 1 N–H and O–H groups in total. The third kappa shape index (κ3) is 2.31. The van der Waals surface area contributed by atoms with E-state index in [4.69, 9.17) is 4.74 Å². The second kappa shape index (κ2) is 4.97. The summed E-state index contributed by atoms with van der Waals surface area (Å²) in [5.74, 6) is -0.448. The molecule has 1 fully saturated rings. The number of hydrogen-bond donors (Lipinski definition) is 1. The second-order valence-corrected chi connectivity index (χ2v) is 4.83. The molecule has 4 heteroatoms. The number of carboxylic acids is 1. The van der Waals surface area contributed by atoms with Gasteiger partial charge in [0, 0.05) is 24.8 Å². The lowest BCUT2D eigenvalue weighted by atomic mass is 9.90. The van der Waals surface area contributed by atoms with Gasteiger partial charge in [0.25, 0.3) is 0 Å². The van der Waals surface area contributed by atoms with Crippen molar-refractivity contribution in [1.82, 2.24) is 4.98 Å². The summed E-state index contributed by atoms with van der Waals surface area (Å²) in [6, 6.07) is 7.49. The molecule has 98 valence electrons. The lowest BCUT2D eigenvalue weighted by molar-refractivity contribution is 0.0699. The van der Waals surface area contributed by atoms with Crippen molar-refractivity contribution in [2.45, 2.75) is 18.8 Å². The van der Waals surface area contributed by atoms with Crippen LogP contribution in [0.25, 0.3) is 10.9 Å². The highest BCUT2D eigenvalue weighted by Gasteiger charge is 2.17. The van der Waals surface area contributed by atoms with Gasteiger partial charge in [0.15, 0.2) is 0 Å². The van der Waals surface area contributed by atoms with Gasteiger partial charge in [0.05, 0.1) is 11.1 Å². The Balaban J connectivity index is 2.08. The quantitative estimate of drug-likeness (QED) is 0.898. The Kier molecular flexibility index (Phi) is 3.17. The van der Waals surface area contributed by atoms with Crippen LogP contribution in [0.2, 0.25) is 0 Å². The molecule has 0 spiro atoms. The average Bonchev–Trinajstić information content (AvgIpc) is 2.47. The molecular formula is C15H15NO3. The second-order valence-electron chi connectivity index (χ2n) is 4.83. The Hall–Kier alpha value is -1.94. The van der Waals surface area contributed by atoms with E-state index in [1.54, 1.807) is 12.3 Å². The molecule has 1 aromatic heterocycles. The topological polar surface area (TPSA) is 59.4 Å². The predicted octanol–water partition coefficient (Wildman–Crippen LogP) is 2.83. The summed E-state index contributed by atoms with van der Waals surface area (Å²) < 4.78 is 5.36. The number of carbonyl (C=O) groups is 1. The largest absolute Gasteiger partial charge is 0.478 e. The number of fused-ring (bicyclic) bond motifs is 1. The molecule has 0 radical (unpaired) electrons. The summed E-state index contributed by atoms with van der Waals surface area (Å²) in [4.78, 5) is 15.5. The van der Waals surface area contributed by atoms with Gasteiger partial charge >= 0.3 is 5.97 Å². The number of hydrogen-bond acceptors (Lipinski definition) is 3. The van der Waals surface area contributed by atoms with Gasteiger partial charge in [0.1, 0.15) is 0 Å². The molecule has 0 saturated carbocycles. The van der Waals surface area contributed by atoms with Crippen LogP contribution in [-0.4, -0.2) is 29.3 Å². The van der Waals surface area contributed by atoms with Crippen molar-refractivity contribution in [1.29, 1.82) is 0 Å². The monoisotopic (exact) mass is 257 g/mol. The summed E-state index contributed by atoms with van der Waals surface area (Å²) in [7, 11) is 0. The van der Waals surface area contributed by atoms with Gasteiger partial charge in [-0.1, -0.05) is 6.07 Å². The van der Waals surface area contributed by atoms with Crippen molar-refractivity contribution in [2.75, 3.05) is 13.2 Å². The Morgan fingerprint density at radius 3 is 2.79 bits per heavy atom. The van der Waals surface area contributed by atoms with Crippen LogP contribution in [-0.2, 0) is 4.74 Å². The highest BCUT2D eigenvalue weighted by Crippen LogP contribution is 2.29. The molecule has 2 aromatic rings. The van der Waals surface area contributed by atoms with E-state index >= 15 is 0 Å². The molecule has 1 aromatic carbocycles. The van der Waals surface area contributed by atoms with E-state index in [9.17, 15) is 9.90 Å². The first-order valence-corrected chi connectivity index (χ1v) is 6.45. The molecule has 0 atom stereocenters. The number of aromatic nitrogens is 1.